The van der Waals surface area contributed by atoms with Crippen LogP contribution in [0.2, 0.25) is 5.02 Å². The van der Waals surface area contributed by atoms with E-state index in [-0.39, 0.29) is 5.78 Å². The summed E-state index contributed by atoms with van der Waals surface area (Å²) in [6.07, 6.45) is 7.36. The van der Waals surface area contributed by atoms with Gasteiger partial charge in [0.2, 0.25) is 0 Å². The summed E-state index contributed by atoms with van der Waals surface area (Å²) in [7, 11) is 0. The van der Waals surface area contributed by atoms with Gasteiger partial charge >= 0.3 is 0 Å². The van der Waals surface area contributed by atoms with Crippen LogP contribution in [-0.2, 0) is 24.1 Å². The molecule has 0 amide bonds. The van der Waals surface area contributed by atoms with Crippen molar-refractivity contribution in [2.24, 2.45) is 0 Å². The maximum absolute atomic E-state index is 12.4. The minimum Gasteiger partial charge on any atom is -0.360 e. The Hall–Kier alpha value is -3.31. The Balaban J connectivity index is 1.37. The molecule has 1 N–H and O–H groups in total. The molecule has 0 atom stereocenters. The third kappa shape index (κ3) is 5.39. The van der Waals surface area contributed by atoms with Gasteiger partial charge in [-0.3, -0.25) is 9.78 Å². The summed E-state index contributed by atoms with van der Waals surface area (Å²) >= 11 is 5.85. The zero-order valence-electron chi connectivity index (χ0n) is 16.4. The Kier molecular flexibility index (Phi) is 6.30. The first kappa shape index (κ1) is 20.0. The summed E-state index contributed by atoms with van der Waals surface area (Å²) in [5, 5.41) is 0.601. The normalized spacial score (nSPS) is 10.8. The highest BCUT2D eigenvalue weighted by Crippen LogP contribution is 2.16. The lowest BCUT2D eigenvalue weighted by molar-refractivity contribution is -0.118. The fourth-order valence-corrected chi connectivity index (χ4v) is 3.41. The van der Waals surface area contributed by atoms with Crippen LogP contribution >= 0.6 is 11.6 Å². The van der Waals surface area contributed by atoms with Gasteiger partial charge in [0.1, 0.15) is 11.6 Å². The number of halogens is 1. The molecule has 4 rings (SSSR count). The SMILES string of the molecule is O=C(CCc1ccc(Cl)cn1)Cc1cccc(Cc2nccc(-c3ccc[nH]3)n2)c1. The van der Waals surface area contributed by atoms with Crippen molar-refractivity contribution in [1.82, 2.24) is 19.9 Å². The van der Waals surface area contributed by atoms with Crippen LogP contribution in [0.3, 0.4) is 0 Å². The number of aromatic nitrogens is 4. The van der Waals surface area contributed by atoms with Gasteiger partial charge < -0.3 is 4.98 Å². The van der Waals surface area contributed by atoms with Crippen LogP contribution in [0.4, 0.5) is 0 Å². The first-order valence-electron chi connectivity index (χ1n) is 9.81. The molecule has 0 radical (unpaired) electrons. The molecule has 0 aliphatic rings. The summed E-state index contributed by atoms with van der Waals surface area (Å²) in [6.45, 7) is 0. The van der Waals surface area contributed by atoms with Crippen LogP contribution < -0.4 is 0 Å². The van der Waals surface area contributed by atoms with E-state index < -0.39 is 0 Å². The number of pyridine rings is 1. The molecule has 0 aliphatic heterocycles. The molecule has 0 saturated carbocycles. The van der Waals surface area contributed by atoms with Crippen LogP contribution in [0.15, 0.2) is 73.2 Å². The minimum atomic E-state index is 0.189. The highest BCUT2D eigenvalue weighted by molar-refractivity contribution is 6.30. The van der Waals surface area contributed by atoms with E-state index in [1.807, 2.05) is 48.7 Å². The van der Waals surface area contributed by atoms with Crippen molar-refractivity contribution in [1.29, 1.82) is 0 Å². The van der Waals surface area contributed by atoms with Gasteiger partial charge in [-0.2, -0.15) is 0 Å². The van der Waals surface area contributed by atoms with Crippen molar-refractivity contribution in [3.63, 3.8) is 0 Å². The van der Waals surface area contributed by atoms with E-state index in [2.05, 4.69) is 26.0 Å². The molecular weight excluding hydrogens is 396 g/mol. The second-order valence-corrected chi connectivity index (χ2v) is 7.56. The van der Waals surface area contributed by atoms with E-state index in [4.69, 9.17) is 11.6 Å². The quantitative estimate of drug-likeness (QED) is 0.445. The van der Waals surface area contributed by atoms with Crippen LogP contribution in [0.5, 0.6) is 0 Å². The molecule has 5 nitrogen and oxygen atoms in total. The van der Waals surface area contributed by atoms with Crippen LogP contribution in [0.1, 0.15) is 29.1 Å². The highest BCUT2D eigenvalue weighted by atomic mass is 35.5. The lowest BCUT2D eigenvalue weighted by Crippen LogP contribution is -2.06. The molecule has 0 spiro atoms. The van der Waals surface area contributed by atoms with E-state index in [9.17, 15) is 4.79 Å². The largest absolute Gasteiger partial charge is 0.360 e. The summed E-state index contributed by atoms with van der Waals surface area (Å²) < 4.78 is 0. The van der Waals surface area contributed by atoms with Crippen LogP contribution in [0.25, 0.3) is 11.4 Å². The van der Waals surface area contributed by atoms with Gasteiger partial charge in [0.15, 0.2) is 0 Å². The third-order valence-corrected chi connectivity index (χ3v) is 5.01. The number of hydrogen-bond donors (Lipinski definition) is 1. The topological polar surface area (TPSA) is 71.5 Å². The van der Waals surface area contributed by atoms with Crippen molar-refractivity contribution < 1.29 is 4.79 Å². The van der Waals surface area contributed by atoms with E-state index in [1.54, 1.807) is 18.5 Å². The number of aryl methyl sites for hydroxylation is 1. The number of nitrogens with one attached hydrogen (secondary N) is 1. The summed E-state index contributed by atoms with van der Waals surface area (Å²) in [6, 6.07) is 17.5. The smallest absolute Gasteiger partial charge is 0.137 e. The number of benzene rings is 1. The van der Waals surface area contributed by atoms with Gasteiger partial charge in [-0.25, -0.2) is 9.97 Å². The Labute approximate surface area is 180 Å². The van der Waals surface area contributed by atoms with Crippen LogP contribution in [-0.4, -0.2) is 25.7 Å². The molecule has 6 heteroatoms. The molecular formula is C24H21ClN4O. The van der Waals surface area contributed by atoms with Gasteiger partial charge in [-0.05, 0) is 47.9 Å². The van der Waals surface area contributed by atoms with Gasteiger partial charge in [0.05, 0.1) is 16.4 Å². The van der Waals surface area contributed by atoms with Gasteiger partial charge in [-0.15, -0.1) is 0 Å². The van der Waals surface area contributed by atoms with Crippen LogP contribution in [0, 0.1) is 0 Å². The molecule has 3 heterocycles. The molecule has 0 aliphatic carbocycles. The molecule has 0 bridgehead atoms. The van der Waals surface area contributed by atoms with Crippen molar-refractivity contribution in [2.45, 2.75) is 25.7 Å². The molecule has 0 saturated heterocycles. The van der Waals surface area contributed by atoms with E-state index >= 15 is 0 Å². The first-order valence-corrected chi connectivity index (χ1v) is 10.2. The molecule has 150 valence electrons. The number of rotatable bonds is 8. The van der Waals surface area contributed by atoms with E-state index in [1.165, 1.54) is 0 Å². The number of carbonyl (C=O) groups is 1. The standard InChI is InChI=1S/C24H21ClN4O/c25-19-6-7-20(28-16-19)8-9-21(30)14-17-3-1-4-18(13-17)15-24-27-12-10-23(29-24)22-5-2-11-26-22/h1-7,10-13,16,26H,8-9,14-15H2. The number of Topliss-reactive ketones (excluding diaryl/α,β-unsaturated/α-hetero) is 1. The second kappa shape index (κ2) is 9.46. The predicted octanol–water partition coefficient (Wildman–Crippen LogP) is 4.86. The van der Waals surface area contributed by atoms with Gasteiger partial charge in [-0.1, -0.05) is 35.9 Å². The fraction of sp³-hybridized carbons (Fsp3) is 0.167. The Bertz CT molecular complexity index is 1120. The highest BCUT2D eigenvalue weighted by Gasteiger charge is 2.08. The number of ketones is 1. The maximum Gasteiger partial charge on any atom is 0.137 e. The Morgan fingerprint density at radius 1 is 1.00 bits per heavy atom. The van der Waals surface area contributed by atoms with Crippen molar-refractivity contribution >= 4 is 17.4 Å². The third-order valence-electron chi connectivity index (χ3n) is 4.78. The first-order chi connectivity index (χ1) is 14.7. The minimum absolute atomic E-state index is 0.189. The monoisotopic (exact) mass is 416 g/mol. The molecule has 3 aromatic heterocycles. The number of aromatic amines is 1. The zero-order chi connectivity index (χ0) is 20.8. The average molecular weight is 417 g/mol. The summed E-state index contributed by atoms with van der Waals surface area (Å²) in [4.78, 5) is 28.9. The predicted molar refractivity (Wildman–Crippen MR) is 117 cm³/mol. The molecule has 1 aromatic carbocycles. The molecule has 4 aromatic rings. The van der Waals surface area contributed by atoms with Crippen molar-refractivity contribution in [3.05, 3.63) is 101 Å². The number of H-pyrrole nitrogens is 1. The Morgan fingerprint density at radius 3 is 2.70 bits per heavy atom. The fourth-order valence-electron chi connectivity index (χ4n) is 3.29. The lowest BCUT2D eigenvalue weighted by Gasteiger charge is -2.06. The average Bonchev–Trinajstić information content (AvgIpc) is 3.29. The van der Waals surface area contributed by atoms with Gasteiger partial charge in [0, 0.05) is 43.5 Å². The molecule has 30 heavy (non-hydrogen) atoms. The maximum atomic E-state index is 12.4. The zero-order valence-corrected chi connectivity index (χ0v) is 17.1. The Morgan fingerprint density at radius 2 is 1.90 bits per heavy atom. The molecule has 0 unspecified atom stereocenters. The van der Waals surface area contributed by atoms with Crippen molar-refractivity contribution in [2.75, 3.05) is 0 Å². The second-order valence-electron chi connectivity index (χ2n) is 7.12. The summed E-state index contributed by atoms with van der Waals surface area (Å²) in [5.74, 6) is 0.938. The van der Waals surface area contributed by atoms with Crippen molar-refractivity contribution in [3.8, 4) is 11.4 Å². The number of hydrogen-bond acceptors (Lipinski definition) is 4. The number of nitrogens with zero attached hydrogens (tertiary/aromatic N) is 3. The molecule has 0 fully saturated rings. The van der Waals surface area contributed by atoms with E-state index in [0.29, 0.717) is 30.7 Å². The summed E-state index contributed by atoms with van der Waals surface area (Å²) in [5.41, 5.74) is 4.80. The van der Waals surface area contributed by atoms with Gasteiger partial charge in [0.25, 0.3) is 0 Å². The lowest BCUT2D eigenvalue weighted by atomic mass is 10.0. The number of carbonyl (C=O) groups excluding carboxylic acids is 1. The van der Waals surface area contributed by atoms with E-state index in [0.717, 1.165) is 34.0 Å².